The Morgan fingerprint density at radius 1 is 1.15 bits per heavy atom. The largest absolute Gasteiger partial charge is 0.481 e. The fourth-order valence-corrected chi connectivity index (χ4v) is 7.69. The molecule has 0 amide bonds. The second-order valence-corrected chi connectivity index (χ2v) is 11.0. The molecule has 0 unspecified atom stereocenters. The molecule has 0 heterocycles. The summed E-state index contributed by atoms with van der Waals surface area (Å²) in [5.74, 6) is -2.58. The standard InChI is InChI=1S/C26H34O8/c1-14-10-16(27)11-15-4-5-17-18-8-9-26(33,20(29)13-34-22(32)7-6-21(30)31)24(18,2)12-19(28)23(17)25(14,15)3/h10-11,17-19,23,28,33H,4-9,12-13H2,1-3H3,(H,30,31)/t17-,18-,19+,23+,24-,25-,26-/m0/s1. The summed E-state index contributed by atoms with van der Waals surface area (Å²) >= 11 is 0. The zero-order valence-electron chi connectivity index (χ0n) is 20.0. The Kier molecular flexibility index (Phi) is 6.13. The first kappa shape index (κ1) is 24.8. The van der Waals surface area contributed by atoms with Gasteiger partial charge in [0.2, 0.25) is 5.78 Å². The number of carbonyl (C=O) groups excluding carboxylic acids is 3. The van der Waals surface area contributed by atoms with Crippen molar-refractivity contribution in [1.29, 1.82) is 0 Å². The van der Waals surface area contributed by atoms with Gasteiger partial charge < -0.3 is 20.1 Å². The average Bonchev–Trinajstić information content (AvgIpc) is 3.02. The Morgan fingerprint density at radius 2 is 1.85 bits per heavy atom. The number of carboxylic acids is 1. The molecule has 8 heteroatoms. The molecule has 3 N–H and O–H groups in total. The zero-order valence-corrected chi connectivity index (χ0v) is 20.0. The van der Waals surface area contributed by atoms with Crippen LogP contribution in [0.4, 0.5) is 0 Å². The van der Waals surface area contributed by atoms with Crippen LogP contribution >= 0.6 is 0 Å². The van der Waals surface area contributed by atoms with Gasteiger partial charge >= 0.3 is 11.9 Å². The molecule has 186 valence electrons. The lowest BCUT2D eigenvalue weighted by Crippen LogP contribution is -2.62. The highest BCUT2D eigenvalue weighted by atomic mass is 16.5. The molecule has 7 atom stereocenters. The van der Waals surface area contributed by atoms with Gasteiger partial charge in [0.15, 0.2) is 12.4 Å². The maximum absolute atomic E-state index is 13.1. The van der Waals surface area contributed by atoms with Crippen LogP contribution in [0, 0.1) is 28.6 Å². The molecule has 34 heavy (non-hydrogen) atoms. The van der Waals surface area contributed by atoms with E-state index < -0.39 is 46.9 Å². The van der Waals surface area contributed by atoms with Crippen LogP contribution in [0.25, 0.3) is 0 Å². The van der Waals surface area contributed by atoms with Gasteiger partial charge in [-0.05, 0) is 63.0 Å². The number of esters is 1. The van der Waals surface area contributed by atoms with Gasteiger partial charge in [0.25, 0.3) is 0 Å². The van der Waals surface area contributed by atoms with E-state index in [4.69, 9.17) is 9.84 Å². The number of aliphatic hydroxyl groups excluding tert-OH is 1. The van der Waals surface area contributed by atoms with E-state index in [1.165, 1.54) is 0 Å². The highest BCUT2D eigenvalue weighted by Gasteiger charge is 2.68. The van der Waals surface area contributed by atoms with Gasteiger partial charge in [0, 0.05) is 16.7 Å². The quantitative estimate of drug-likeness (QED) is 0.499. The van der Waals surface area contributed by atoms with Gasteiger partial charge in [-0.2, -0.15) is 0 Å². The number of carbonyl (C=O) groups is 4. The summed E-state index contributed by atoms with van der Waals surface area (Å²) in [6.07, 6.45) is 4.45. The van der Waals surface area contributed by atoms with E-state index in [0.29, 0.717) is 6.42 Å². The van der Waals surface area contributed by atoms with Crippen molar-refractivity contribution in [2.24, 2.45) is 28.6 Å². The molecule has 0 radical (unpaired) electrons. The maximum Gasteiger partial charge on any atom is 0.306 e. The first-order valence-electron chi connectivity index (χ1n) is 12.1. The van der Waals surface area contributed by atoms with E-state index in [1.807, 2.05) is 13.8 Å². The van der Waals surface area contributed by atoms with Crippen molar-refractivity contribution in [3.63, 3.8) is 0 Å². The highest BCUT2D eigenvalue weighted by Crippen LogP contribution is 2.68. The number of aliphatic carboxylic acids is 1. The lowest BCUT2D eigenvalue weighted by molar-refractivity contribution is -0.181. The second-order valence-electron chi connectivity index (χ2n) is 11.0. The van der Waals surface area contributed by atoms with Crippen molar-refractivity contribution >= 4 is 23.5 Å². The monoisotopic (exact) mass is 474 g/mol. The van der Waals surface area contributed by atoms with Crippen LogP contribution in [0.3, 0.4) is 0 Å². The van der Waals surface area contributed by atoms with E-state index in [1.54, 1.807) is 12.2 Å². The fraction of sp³-hybridized carbons (Fsp3) is 0.692. The number of ether oxygens (including phenoxy) is 1. The SMILES string of the molecule is CC1=CC(=O)C=C2CC[C@@H]3[C@H]([C@H](O)C[C@@]4(C)[C@H]3CC[C@]4(O)C(=O)COC(=O)CCC(=O)O)[C@@]12C. The molecule has 0 spiro atoms. The number of carboxylic acid groups (broad SMARTS) is 1. The normalized spacial score (nSPS) is 40.9. The number of aliphatic hydroxyl groups is 2. The minimum Gasteiger partial charge on any atom is -0.481 e. The molecule has 0 bridgehead atoms. The van der Waals surface area contributed by atoms with Gasteiger partial charge in [-0.1, -0.05) is 25.0 Å². The van der Waals surface area contributed by atoms with E-state index in [2.05, 4.69) is 6.92 Å². The lowest BCUT2D eigenvalue weighted by atomic mass is 9.45. The Bertz CT molecular complexity index is 995. The summed E-state index contributed by atoms with van der Waals surface area (Å²) < 4.78 is 4.98. The van der Waals surface area contributed by atoms with Crippen LogP contribution in [-0.2, 0) is 23.9 Å². The van der Waals surface area contributed by atoms with Crippen molar-refractivity contribution in [2.75, 3.05) is 6.61 Å². The van der Waals surface area contributed by atoms with Crippen LogP contribution in [0.1, 0.15) is 65.7 Å². The summed E-state index contributed by atoms with van der Waals surface area (Å²) in [6.45, 7) is 5.29. The number of Topliss-reactive ketones (excluding diaryl/α,β-unsaturated/α-hetero) is 1. The summed E-state index contributed by atoms with van der Waals surface area (Å²) in [4.78, 5) is 47.7. The van der Waals surface area contributed by atoms with E-state index in [9.17, 15) is 29.4 Å². The molecular formula is C26H34O8. The molecule has 4 aliphatic carbocycles. The molecule has 0 aromatic rings. The molecule has 0 aliphatic heterocycles. The third-order valence-electron chi connectivity index (χ3n) is 9.55. The average molecular weight is 475 g/mol. The van der Waals surface area contributed by atoms with Crippen LogP contribution in [-0.4, -0.2) is 57.1 Å². The smallest absolute Gasteiger partial charge is 0.306 e. The minimum atomic E-state index is -1.73. The van der Waals surface area contributed by atoms with Gasteiger partial charge in [0.1, 0.15) is 5.60 Å². The molecule has 4 aliphatic rings. The second kappa shape index (κ2) is 8.41. The predicted molar refractivity (Wildman–Crippen MR) is 120 cm³/mol. The van der Waals surface area contributed by atoms with E-state index in [-0.39, 0.29) is 49.2 Å². The van der Waals surface area contributed by atoms with Gasteiger partial charge in [-0.25, -0.2) is 0 Å². The van der Waals surface area contributed by atoms with Crippen molar-refractivity contribution in [3.8, 4) is 0 Å². The number of hydrogen-bond acceptors (Lipinski definition) is 7. The third kappa shape index (κ3) is 3.57. The van der Waals surface area contributed by atoms with E-state index in [0.717, 1.165) is 24.0 Å². The molecule has 3 fully saturated rings. The fourth-order valence-electron chi connectivity index (χ4n) is 7.69. The van der Waals surface area contributed by atoms with Crippen LogP contribution in [0.5, 0.6) is 0 Å². The van der Waals surface area contributed by atoms with Gasteiger partial charge in [-0.15, -0.1) is 0 Å². The predicted octanol–water partition coefficient (Wildman–Crippen LogP) is 2.36. The van der Waals surface area contributed by atoms with Gasteiger partial charge in [0.05, 0.1) is 18.9 Å². The Labute approximate surface area is 199 Å². The topological polar surface area (TPSA) is 138 Å². The Hall–Kier alpha value is -2.32. The summed E-state index contributed by atoms with van der Waals surface area (Å²) in [6, 6.07) is 0. The van der Waals surface area contributed by atoms with Crippen molar-refractivity contribution in [3.05, 3.63) is 23.3 Å². The zero-order chi connectivity index (χ0) is 25.1. The highest BCUT2D eigenvalue weighted by molar-refractivity contribution is 6.02. The molecule has 0 aromatic heterocycles. The van der Waals surface area contributed by atoms with Crippen LogP contribution in [0.15, 0.2) is 23.3 Å². The Morgan fingerprint density at radius 3 is 2.53 bits per heavy atom. The lowest BCUT2D eigenvalue weighted by Gasteiger charge is -2.60. The summed E-state index contributed by atoms with van der Waals surface area (Å²) in [5, 5.41) is 31.8. The van der Waals surface area contributed by atoms with Gasteiger partial charge in [-0.3, -0.25) is 19.2 Å². The number of hydrogen-bond donors (Lipinski definition) is 3. The molecule has 3 saturated carbocycles. The molecule has 4 rings (SSSR count). The van der Waals surface area contributed by atoms with Crippen molar-refractivity contribution in [2.45, 2.75) is 77.4 Å². The molecule has 8 nitrogen and oxygen atoms in total. The molecular weight excluding hydrogens is 440 g/mol. The number of ketones is 2. The molecule has 0 aromatic carbocycles. The number of fused-ring (bicyclic) bond motifs is 5. The van der Waals surface area contributed by atoms with Crippen LogP contribution in [0.2, 0.25) is 0 Å². The first-order chi connectivity index (χ1) is 15.8. The van der Waals surface area contributed by atoms with Crippen molar-refractivity contribution < 1.29 is 39.2 Å². The van der Waals surface area contributed by atoms with Crippen molar-refractivity contribution in [1.82, 2.24) is 0 Å². The summed E-state index contributed by atoms with van der Waals surface area (Å²) in [5.41, 5.74) is -1.04. The maximum atomic E-state index is 13.1. The van der Waals surface area contributed by atoms with Crippen LogP contribution < -0.4 is 0 Å². The Balaban J connectivity index is 1.56. The molecule has 0 saturated heterocycles. The summed E-state index contributed by atoms with van der Waals surface area (Å²) in [7, 11) is 0. The third-order valence-corrected chi connectivity index (χ3v) is 9.55. The number of allylic oxidation sites excluding steroid dienone is 4. The number of rotatable bonds is 6. The van der Waals surface area contributed by atoms with E-state index >= 15 is 0 Å². The minimum absolute atomic E-state index is 0.00126. The first-order valence-corrected chi connectivity index (χ1v) is 12.1.